The van der Waals surface area contributed by atoms with Crippen molar-refractivity contribution in [3.05, 3.63) is 48.0 Å². The SMILES string of the molecule is CCCNCc1cccc(SCc2cncn2C2CC2)c1. The molecule has 0 atom stereocenters. The summed E-state index contributed by atoms with van der Waals surface area (Å²) < 4.78 is 2.35. The summed E-state index contributed by atoms with van der Waals surface area (Å²) in [6, 6.07) is 9.56. The van der Waals surface area contributed by atoms with Crippen LogP contribution in [0.5, 0.6) is 0 Å². The molecule has 21 heavy (non-hydrogen) atoms. The summed E-state index contributed by atoms with van der Waals surface area (Å²) in [6.45, 7) is 4.24. The Hall–Kier alpha value is -1.26. The van der Waals surface area contributed by atoms with Crippen LogP contribution < -0.4 is 5.32 Å². The highest BCUT2D eigenvalue weighted by Gasteiger charge is 2.24. The molecule has 0 amide bonds. The molecule has 3 rings (SSSR count). The van der Waals surface area contributed by atoms with Crippen LogP contribution in [0.1, 0.15) is 43.5 Å². The number of hydrogen-bond acceptors (Lipinski definition) is 3. The predicted molar refractivity (Wildman–Crippen MR) is 88.5 cm³/mol. The number of aromatic nitrogens is 2. The molecule has 1 N–H and O–H groups in total. The zero-order valence-electron chi connectivity index (χ0n) is 12.6. The first kappa shape index (κ1) is 14.7. The second-order valence-electron chi connectivity index (χ2n) is 5.64. The third-order valence-corrected chi connectivity index (χ3v) is 4.75. The Balaban J connectivity index is 1.57. The van der Waals surface area contributed by atoms with Gasteiger partial charge in [-0.2, -0.15) is 0 Å². The van der Waals surface area contributed by atoms with Crippen LogP contribution in [0, 0.1) is 0 Å². The van der Waals surface area contributed by atoms with Gasteiger partial charge in [-0.3, -0.25) is 0 Å². The van der Waals surface area contributed by atoms with Gasteiger partial charge in [-0.1, -0.05) is 19.1 Å². The Morgan fingerprint density at radius 2 is 2.29 bits per heavy atom. The number of rotatable bonds is 8. The maximum atomic E-state index is 4.30. The Morgan fingerprint density at radius 1 is 1.38 bits per heavy atom. The van der Waals surface area contributed by atoms with E-state index in [4.69, 9.17) is 0 Å². The van der Waals surface area contributed by atoms with E-state index in [-0.39, 0.29) is 0 Å². The van der Waals surface area contributed by atoms with Crippen LogP contribution in [0.15, 0.2) is 41.7 Å². The first-order valence-corrected chi connectivity index (χ1v) is 8.78. The second kappa shape index (κ2) is 7.14. The summed E-state index contributed by atoms with van der Waals surface area (Å²) in [7, 11) is 0. The van der Waals surface area contributed by atoms with Crippen molar-refractivity contribution >= 4 is 11.8 Å². The van der Waals surface area contributed by atoms with Crippen molar-refractivity contribution in [1.82, 2.24) is 14.9 Å². The fourth-order valence-corrected chi connectivity index (χ4v) is 3.38. The standard InChI is InChI=1S/C17H23N3S/c1-2-8-18-10-14-4-3-5-17(9-14)21-12-16-11-19-13-20(16)15-6-7-15/h3-5,9,11,13,15,18H,2,6-8,10,12H2,1H3. The number of imidazole rings is 1. The lowest BCUT2D eigenvalue weighted by Gasteiger charge is -2.08. The number of hydrogen-bond donors (Lipinski definition) is 1. The largest absolute Gasteiger partial charge is 0.331 e. The van der Waals surface area contributed by atoms with Crippen molar-refractivity contribution < 1.29 is 0 Å². The molecule has 0 radical (unpaired) electrons. The molecule has 2 aromatic rings. The van der Waals surface area contributed by atoms with Gasteiger partial charge >= 0.3 is 0 Å². The molecule has 1 fully saturated rings. The normalized spacial score (nSPS) is 14.5. The van der Waals surface area contributed by atoms with Gasteiger partial charge in [0.05, 0.1) is 6.33 Å². The van der Waals surface area contributed by atoms with Gasteiger partial charge in [0, 0.05) is 35.1 Å². The molecule has 1 heterocycles. The first-order valence-electron chi connectivity index (χ1n) is 7.80. The van der Waals surface area contributed by atoms with Crippen LogP contribution in [0.2, 0.25) is 0 Å². The summed E-state index contributed by atoms with van der Waals surface area (Å²) in [5.41, 5.74) is 2.71. The molecule has 1 aromatic carbocycles. The van der Waals surface area contributed by atoms with Gasteiger partial charge in [0.1, 0.15) is 0 Å². The minimum Gasteiger partial charge on any atom is -0.331 e. The highest BCUT2D eigenvalue weighted by Crippen LogP contribution is 2.36. The molecule has 4 heteroatoms. The van der Waals surface area contributed by atoms with Crippen LogP contribution in [-0.4, -0.2) is 16.1 Å². The molecule has 1 aromatic heterocycles. The van der Waals surface area contributed by atoms with E-state index in [2.05, 4.69) is 46.1 Å². The lowest BCUT2D eigenvalue weighted by Crippen LogP contribution is -2.13. The van der Waals surface area contributed by atoms with Crippen LogP contribution in [0.3, 0.4) is 0 Å². The van der Waals surface area contributed by atoms with Gasteiger partial charge in [-0.05, 0) is 43.5 Å². The lowest BCUT2D eigenvalue weighted by molar-refractivity contribution is 0.674. The first-order chi connectivity index (χ1) is 10.4. The van der Waals surface area contributed by atoms with E-state index in [0.29, 0.717) is 6.04 Å². The monoisotopic (exact) mass is 301 g/mol. The molecule has 0 saturated heterocycles. The number of nitrogens with zero attached hydrogens (tertiary/aromatic N) is 2. The summed E-state index contributed by atoms with van der Waals surface area (Å²) in [4.78, 5) is 5.64. The Kier molecular flexibility index (Phi) is 4.99. The van der Waals surface area contributed by atoms with Crippen LogP contribution >= 0.6 is 11.8 Å². The van der Waals surface area contributed by atoms with Crippen LogP contribution in [0.25, 0.3) is 0 Å². The summed E-state index contributed by atoms with van der Waals surface area (Å²) >= 11 is 1.90. The van der Waals surface area contributed by atoms with E-state index in [1.807, 2.05) is 24.3 Å². The zero-order valence-corrected chi connectivity index (χ0v) is 13.4. The molecule has 3 nitrogen and oxygen atoms in total. The van der Waals surface area contributed by atoms with Crippen molar-refractivity contribution in [3.63, 3.8) is 0 Å². The van der Waals surface area contributed by atoms with Crippen LogP contribution in [0.4, 0.5) is 0 Å². The fourth-order valence-electron chi connectivity index (χ4n) is 2.44. The highest BCUT2D eigenvalue weighted by molar-refractivity contribution is 7.98. The molecule has 112 valence electrons. The summed E-state index contributed by atoms with van der Waals surface area (Å²) in [6.07, 6.45) is 7.80. The van der Waals surface area contributed by atoms with Crippen molar-refractivity contribution in [1.29, 1.82) is 0 Å². The fraction of sp³-hybridized carbons (Fsp3) is 0.471. The van der Waals surface area contributed by atoms with Crippen molar-refractivity contribution in [2.45, 2.75) is 49.4 Å². The van der Waals surface area contributed by atoms with E-state index in [1.54, 1.807) is 0 Å². The molecule has 1 aliphatic carbocycles. The van der Waals surface area contributed by atoms with Crippen LogP contribution in [-0.2, 0) is 12.3 Å². The van der Waals surface area contributed by atoms with E-state index >= 15 is 0 Å². The van der Waals surface area contributed by atoms with Gasteiger partial charge in [0.2, 0.25) is 0 Å². The van der Waals surface area contributed by atoms with E-state index < -0.39 is 0 Å². The molecule has 0 unspecified atom stereocenters. The van der Waals surface area contributed by atoms with Gasteiger partial charge in [-0.25, -0.2) is 4.98 Å². The third kappa shape index (κ3) is 4.11. The zero-order chi connectivity index (χ0) is 14.5. The third-order valence-electron chi connectivity index (χ3n) is 3.73. The maximum Gasteiger partial charge on any atom is 0.0951 e. The summed E-state index contributed by atoms with van der Waals surface area (Å²) in [5, 5.41) is 3.46. The topological polar surface area (TPSA) is 29.9 Å². The molecule has 0 spiro atoms. The molecular formula is C17H23N3S. The molecule has 1 saturated carbocycles. The molecule has 0 bridgehead atoms. The van der Waals surface area contributed by atoms with Gasteiger partial charge in [0.25, 0.3) is 0 Å². The van der Waals surface area contributed by atoms with E-state index in [9.17, 15) is 0 Å². The average Bonchev–Trinajstić information content (AvgIpc) is 3.24. The average molecular weight is 301 g/mol. The second-order valence-corrected chi connectivity index (χ2v) is 6.69. The Morgan fingerprint density at radius 3 is 3.10 bits per heavy atom. The van der Waals surface area contributed by atoms with Crippen molar-refractivity contribution in [2.24, 2.45) is 0 Å². The Bertz CT molecular complexity index is 575. The van der Waals surface area contributed by atoms with Crippen molar-refractivity contribution in [2.75, 3.05) is 6.54 Å². The molecule has 0 aliphatic heterocycles. The highest BCUT2D eigenvalue weighted by atomic mass is 32.2. The predicted octanol–water partition coefficient (Wildman–Crippen LogP) is 4.01. The summed E-state index contributed by atoms with van der Waals surface area (Å²) in [5.74, 6) is 1.00. The molecular weight excluding hydrogens is 278 g/mol. The van der Waals surface area contributed by atoms with Crippen molar-refractivity contribution in [3.8, 4) is 0 Å². The molecule has 1 aliphatic rings. The Labute approximate surface area is 131 Å². The minimum absolute atomic E-state index is 0.715. The lowest BCUT2D eigenvalue weighted by atomic mass is 10.2. The minimum atomic E-state index is 0.715. The quantitative estimate of drug-likeness (QED) is 0.590. The number of benzene rings is 1. The van der Waals surface area contributed by atoms with E-state index in [1.165, 1.54) is 35.4 Å². The van der Waals surface area contributed by atoms with Gasteiger partial charge in [0.15, 0.2) is 0 Å². The van der Waals surface area contributed by atoms with Gasteiger partial charge in [-0.15, -0.1) is 11.8 Å². The number of thioether (sulfide) groups is 1. The van der Waals surface area contributed by atoms with Gasteiger partial charge < -0.3 is 9.88 Å². The van der Waals surface area contributed by atoms with E-state index in [0.717, 1.165) is 18.8 Å². The smallest absolute Gasteiger partial charge is 0.0951 e. The number of nitrogens with one attached hydrogen (secondary N) is 1. The maximum absolute atomic E-state index is 4.30.